The van der Waals surface area contributed by atoms with Crippen LogP contribution in [-0.2, 0) is 0 Å². The zero-order valence-corrected chi connectivity index (χ0v) is 10.2. The monoisotopic (exact) mass is 264 g/mol. The van der Waals surface area contributed by atoms with Crippen molar-refractivity contribution in [3.8, 4) is 0 Å². The molecule has 0 aliphatic rings. The molecule has 17 heavy (non-hydrogen) atoms. The van der Waals surface area contributed by atoms with E-state index in [-0.39, 0.29) is 16.6 Å². The highest BCUT2D eigenvalue weighted by molar-refractivity contribution is 7.80. The highest BCUT2D eigenvalue weighted by Crippen LogP contribution is 2.15. The molecule has 7 heteroatoms. The minimum Gasteiger partial charge on any atom is -0.389 e. The van der Waals surface area contributed by atoms with Crippen LogP contribution in [0, 0.1) is 0 Å². The first kappa shape index (κ1) is 11.6. The highest BCUT2D eigenvalue weighted by Gasteiger charge is 2.11. The molecule has 0 saturated heterocycles. The van der Waals surface area contributed by atoms with Crippen molar-refractivity contribution in [2.45, 2.75) is 0 Å². The van der Waals surface area contributed by atoms with Gasteiger partial charge < -0.3 is 11.1 Å². The van der Waals surface area contributed by atoms with E-state index in [1.807, 2.05) is 0 Å². The quantitative estimate of drug-likeness (QED) is 0.820. The van der Waals surface area contributed by atoms with Gasteiger partial charge in [-0.3, -0.25) is 4.79 Å². The van der Waals surface area contributed by atoms with Crippen LogP contribution >= 0.6 is 23.8 Å². The maximum atomic E-state index is 11.8. The van der Waals surface area contributed by atoms with Crippen LogP contribution in [0.3, 0.4) is 0 Å². The third-order valence-corrected chi connectivity index (χ3v) is 2.76. The van der Waals surface area contributed by atoms with Crippen molar-refractivity contribution < 1.29 is 4.79 Å². The molecular weight excluding hydrogens is 256 g/mol. The summed E-state index contributed by atoms with van der Waals surface area (Å²) in [4.78, 5) is 12.0. The van der Waals surface area contributed by atoms with E-state index in [4.69, 9.17) is 18.0 Å². The number of anilines is 1. The molecule has 0 spiro atoms. The summed E-state index contributed by atoms with van der Waals surface area (Å²) in [6, 6.07) is 7.06. The molecule has 3 N–H and O–H groups in total. The first-order valence-electron chi connectivity index (χ1n) is 4.65. The highest BCUT2D eigenvalue weighted by atomic mass is 32.1. The van der Waals surface area contributed by atoms with Crippen LogP contribution in [0.15, 0.2) is 29.6 Å². The van der Waals surface area contributed by atoms with Gasteiger partial charge in [0.2, 0.25) is 0 Å². The second-order valence-corrected chi connectivity index (χ2v) is 4.20. The third-order valence-electron chi connectivity index (χ3n) is 2.03. The van der Waals surface area contributed by atoms with Crippen molar-refractivity contribution in [1.82, 2.24) is 9.59 Å². The Balaban J connectivity index is 2.25. The minimum absolute atomic E-state index is 0.234. The number of rotatable bonds is 3. The van der Waals surface area contributed by atoms with Crippen LogP contribution in [0.1, 0.15) is 16.1 Å². The van der Waals surface area contributed by atoms with Gasteiger partial charge in [-0.25, -0.2) is 0 Å². The Morgan fingerprint density at radius 1 is 1.41 bits per heavy atom. The van der Waals surface area contributed by atoms with Crippen molar-refractivity contribution in [3.63, 3.8) is 0 Å². The smallest absolute Gasteiger partial charge is 0.277 e. The Kier molecular flexibility index (Phi) is 3.40. The number of carbonyl (C=O) groups is 1. The van der Waals surface area contributed by atoms with Crippen molar-refractivity contribution in [1.29, 1.82) is 0 Å². The van der Waals surface area contributed by atoms with Gasteiger partial charge in [0.25, 0.3) is 5.91 Å². The van der Waals surface area contributed by atoms with Crippen molar-refractivity contribution in [2.24, 2.45) is 5.73 Å². The number of nitrogens with zero attached hydrogens (tertiary/aromatic N) is 2. The van der Waals surface area contributed by atoms with Gasteiger partial charge in [0.15, 0.2) is 5.69 Å². The zero-order chi connectivity index (χ0) is 12.3. The third kappa shape index (κ3) is 2.63. The van der Waals surface area contributed by atoms with Gasteiger partial charge in [0, 0.05) is 10.9 Å². The number of carbonyl (C=O) groups excluding carboxylic acids is 1. The van der Waals surface area contributed by atoms with Gasteiger partial charge in [-0.15, -0.1) is 5.10 Å². The average Bonchev–Trinajstić information content (AvgIpc) is 2.83. The molecule has 1 aromatic heterocycles. The summed E-state index contributed by atoms with van der Waals surface area (Å²) in [6.45, 7) is 0. The fourth-order valence-electron chi connectivity index (χ4n) is 1.26. The summed E-state index contributed by atoms with van der Waals surface area (Å²) < 4.78 is 3.62. The lowest BCUT2D eigenvalue weighted by molar-refractivity contribution is 0.102. The molecule has 1 aromatic carbocycles. The number of hydrogen-bond donors (Lipinski definition) is 2. The molecule has 0 atom stereocenters. The van der Waals surface area contributed by atoms with E-state index in [1.54, 1.807) is 29.6 Å². The van der Waals surface area contributed by atoms with Crippen molar-refractivity contribution in [3.05, 3.63) is 40.9 Å². The average molecular weight is 264 g/mol. The Morgan fingerprint density at radius 2 is 2.18 bits per heavy atom. The van der Waals surface area contributed by atoms with E-state index in [9.17, 15) is 4.79 Å². The Morgan fingerprint density at radius 3 is 2.82 bits per heavy atom. The molecule has 0 fully saturated rings. The van der Waals surface area contributed by atoms with E-state index in [2.05, 4.69) is 14.9 Å². The number of para-hydroxylation sites is 1. The molecule has 86 valence electrons. The molecule has 0 radical (unpaired) electrons. The SMILES string of the molecule is NC(=S)c1ccccc1NC(=O)c1csnn1. The lowest BCUT2D eigenvalue weighted by atomic mass is 10.1. The number of aromatic nitrogens is 2. The second kappa shape index (κ2) is 4.98. The lowest BCUT2D eigenvalue weighted by Crippen LogP contribution is -2.17. The predicted octanol–water partition coefficient (Wildman–Crippen LogP) is 1.42. The fraction of sp³-hybridized carbons (Fsp3) is 0. The Bertz CT molecular complexity index is 553. The van der Waals surface area contributed by atoms with Gasteiger partial charge in [-0.05, 0) is 23.7 Å². The summed E-state index contributed by atoms with van der Waals surface area (Å²) >= 11 is 6.02. The molecule has 0 bridgehead atoms. The molecular formula is C10H8N4OS2. The van der Waals surface area contributed by atoms with E-state index >= 15 is 0 Å². The van der Waals surface area contributed by atoms with E-state index in [0.29, 0.717) is 11.3 Å². The number of thiocarbonyl (C=S) groups is 1. The molecule has 1 heterocycles. The standard InChI is InChI=1S/C10H8N4OS2/c11-9(16)6-3-1-2-4-7(6)12-10(15)8-5-17-14-13-8/h1-5H,(H2,11,16)(H,12,15). The van der Waals surface area contributed by atoms with Gasteiger partial charge >= 0.3 is 0 Å². The van der Waals surface area contributed by atoms with Crippen molar-refractivity contribution >= 4 is 40.3 Å². The van der Waals surface area contributed by atoms with Crippen LogP contribution in [0.4, 0.5) is 5.69 Å². The van der Waals surface area contributed by atoms with Gasteiger partial charge in [-0.1, -0.05) is 28.8 Å². The maximum absolute atomic E-state index is 11.8. The fourth-order valence-corrected chi connectivity index (χ4v) is 1.87. The topological polar surface area (TPSA) is 80.9 Å². The van der Waals surface area contributed by atoms with Gasteiger partial charge in [-0.2, -0.15) is 0 Å². The number of hydrogen-bond acceptors (Lipinski definition) is 5. The van der Waals surface area contributed by atoms with Gasteiger partial charge in [0.05, 0.1) is 5.69 Å². The maximum Gasteiger partial charge on any atom is 0.277 e. The molecule has 0 saturated carbocycles. The molecule has 1 amide bonds. The lowest BCUT2D eigenvalue weighted by Gasteiger charge is -2.08. The number of nitrogens with one attached hydrogen (secondary N) is 1. The summed E-state index contributed by atoms with van der Waals surface area (Å²) in [5, 5.41) is 7.94. The molecule has 0 aliphatic heterocycles. The van der Waals surface area contributed by atoms with Crippen LogP contribution in [0.2, 0.25) is 0 Å². The van der Waals surface area contributed by atoms with Crippen LogP contribution in [0.25, 0.3) is 0 Å². The molecule has 2 rings (SSSR count). The largest absolute Gasteiger partial charge is 0.389 e. The summed E-state index contributed by atoms with van der Waals surface area (Å²) in [5.74, 6) is -0.331. The van der Waals surface area contributed by atoms with Crippen molar-refractivity contribution in [2.75, 3.05) is 5.32 Å². The first-order valence-corrected chi connectivity index (χ1v) is 5.90. The number of nitrogens with two attached hydrogens (primary N) is 1. The second-order valence-electron chi connectivity index (χ2n) is 3.15. The van der Waals surface area contributed by atoms with Gasteiger partial charge in [0.1, 0.15) is 4.99 Å². The number of amides is 1. The summed E-state index contributed by atoms with van der Waals surface area (Å²) in [5.41, 5.74) is 7.03. The van der Waals surface area contributed by atoms with Crippen LogP contribution in [0.5, 0.6) is 0 Å². The number of benzene rings is 1. The van der Waals surface area contributed by atoms with E-state index < -0.39 is 0 Å². The minimum atomic E-state index is -0.331. The normalized spacial score (nSPS) is 9.88. The molecule has 5 nitrogen and oxygen atoms in total. The van der Waals surface area contributed by atoms with Crippen LogP contribution < -0.4 is 11.1 Å². The van der Waals surface area contributed by atoms with E-state index in [0.717, 1.165) is 11.5 Å². The Labute approximate surface area is 107 Å². The molecule has 0 aliphatic carbocycles. The summed E-state index contributed by atoms with van der Waals surface area (Å²) in [6.07, 6.45) is 0. The van der Waals surface area contributed by atoms with Crippen LogP contribution in [-0.4, -0.2) is 20.5 Å². The zero-order valence-electron chi connectivity index (χ0n) is 8.58. The first-order chi connectivity index (χ1) is 8.18. The predicted molar refractivity (Wildman–Crippen MR) is 70.2 cm³/mol. The molecule has 0 unspecified atom stereocenters. The Hall–Kier alpha value is -1.86. The summed E-state index contributed by atoms with van der Waals surface area (Å²) in [7, 11) is 0. The molecule has 2 aromatic rings. The van der Waals surface area contributed by atoms with E-state index in [1.165, 1.54) is 0 Å².